The van der Waals surface area contributed by atoms with Gasteiger partial charge in [0, 0.05) is 5.56 Å². The predicted octanol–water partition coefficient (Wildman–Crippen LogP) is 3.08. The lowest BCUT2D eigenvalue weighted by Gasteiger charge is -2.03. The molecule has 2 nitrogen and oxygen atoms in total. The van der Waals surface area contributed by atoms with E-state index in [0.29, 0.717) is 10.3 Å². The van der Waals surface area contributed by atoms with Crippen molar-refractivity contribution in [3.63, 3.8) is 0 Å². The zero-order valence-corrected chi connectivity index (χ0v) is 8.31. The zero-order valence-electron chi connectivity index (χ0n) is 7.50. The fraction of sp³-hybridized carbons (Fsp3) is 0. The van der Waals surface area contributed by atoms with Crippen LogP contribution in [0.15, 0.2) is 30.6 Å². The molecule has 1 N–H and O–H groups in total. The lowest BCUT2D eigenvalue weighted by molar-refractivity contribution is 0.511. The van der Waals surface area contributed by atoms with Gasteiger partial charge in [-0.2, -0.15) is 0 Å². The normalized spacial score (nSPS) is 10.3. The molecule has 2 aromatic rings. The molecule has 0 atom stereocenters. The summed E-state index contributed by atoms with van der Waals surface area (Å²) in [6, 6.07) is 5.45. The van der Waals surface area contributed by atoms with Crippen LogP contribution in [0.25, 0.3) is 11.3 Å². The average Bonchev–Trinajstić information content (AvgIpc) is 2.22. The third kappa shape index (κ3) is 1.92. The Kier molecular flexibility index (Phi) is 2.55. The Hall–Kier alpha value is -1.62. The molecule has 1 aromatic heterocycles. The summed E-state index contributed by atoms with van der Waals surface area (Å²) < 4.78 is 26.6. The van der Waals surface area contributed by atoms with Gasteiger partial charge in [-0.1, -0.05) is 18.3 Å². The van der Waals surface area contributed by atoms with Crippen molar-refractivity contribution < 1.29 is 8.78 Å². The van der Waals surface area contributed by atoms with Gasteiger partial charge in [0.25, 0.3) is 0 Å². The molecule has 0 amide bonds. The number of aromatic amines is 1. The van der Waals surface area contributed by atoms with Crippen LogP contribution >= 0.6 is 12.2 Å². The molecular weight excluding hydrogens is 218 g/mol. The Labute approximate surface area is 89.6 Å². The van der Waals surface area contributed by atoms with E-state index in [2.05, 4.69) is 9.97 Å². The zero-order chi connectivity index (χ0) is 10.8. The molecule has 5 heteroatoms. The quantitative estimate of drug-likeness (QED) is 0.754. The van der Waals surface area contributed by atoms with Crippen LogP contribution in [0, 0.1) is 16.3 Å². The van der Waals surface area contributed by atoms with Gasteiger partial charge in [-0.05, 0) is 18.2 Å². The highest BCUT2D eigenvalue weighted by Crippen LogP contribution is 2.21. The molecular formula is C10H6F2N2S. The fourth-order valence-corrected chi connectivity index (χ4v) is 1.41. The largest absolute Gasteiger partial charge is 0.346 e. The second-order valence-corrected chi connectivity index (χ2v) is 3.32. The van der Waals surface area contributed by atoms with Crippen molar-refractivity contribution >= 4 is 12.2 Å². The summed E-state index contributed by atoms with van der Waals surface area (Å²) >= 11 is 4.83. The summed E-state index contributed by atoms with van der Waals surface area (Å²) in [6.45, 7) is 0. The van der Waals surface area contributed by atoms with Gasteiger partial charge in [0.15, 0.2) is 11.6 Å². The molecule has 1 heterocycles. The monoisotopic (exact) mass is 224 g/mol. The van der Waals surface area contributed by atoms with Crippen molar-refractivity contribution in [1.82, 2.24) is 9.97 Å². The van der Waals surface area contributed by atoms with Crippen molar-refractivity contribution in [1.29, 1.82) is 0 Å². The first-order chi connectivity index (χ1) is 7.18. The molecule has 1 aromatic carbocycles. The first-order valence-electron chi connectivity index (χ1n) is 4.17. The molecule has 76 valence electrons. The smallest absolute Gasteiger partial charge is 0.168 e. The Morgan fingerprint density at radius 3 is 2.80 bits per heavy atom. The standard InChI is InChI=1S/C10H6F2N2S/c11-7-3-1-2-6(10(7)12)8-4-9(15)14-5-13-8/h1-5H,(H,13,14,15). The van der Waals surface area contributed by atoms with Crippen LogP contribution in [0.3, 0.4) is 0 Å². The highest BCUT2D eigenvalue weighted by Gasteiger charge is 2.09. The van der Waals surface area contributed by atoms with Gasteiger partial charge in [0.05, 0.1) is 12.0 Å². The van der Waals surface area contributed by atoms with E-state index in [-0.39, 0.29) is 5.56 Å². The van der Waals surface area contributed by atoms with E-state index >= 15 is 0 Å². The summed E-state index contributed by atoms with van der Waals surface area (Å²) in [4.78, 5) is 6.47. The molecule has 0 aliphatic rings. The molecule has 0 bridgehead atoms. The summed E-state index contributed by atoms with van der Waals surface area (Å²) in [5.74, 6) is -1.78. The van der Waals surface area contributed by atoms with Gasteiger partial charge in [-0.25, -0.2) is 13.8 Å². The van der Waals surface area contributed by atoms with Crippen LogP contribution in [-0.2, 0) is 0 Å². The number of aromatic nitrogens is 2. The molecule has 0 saturated heterocycles. The molecule has 0 aliphatic carbocycles. The number of benzene rings is 1. The molecule has 15 heavy (non-hydrogen) atoms. The maximum atomic E-state index is 13.4. The third-order valence-corrected chi connectivity index (χ3v) is 2.14. The molecule has 0 aliphatic heterocycles. The van der Waals surface area contributed by atoms with E-state index in [1.807, 2.05) is 0 Å². The first kappa shape index (κ1) is 9.92. The van der Waals surface area contributed by atoms with Crippen molar-refractivity contribution in [3.8, 4) is 11.3 Å². The van der Waals surface area contributed by atoms with Crippen LogP contribution in [0.1, 0.15) is 0 Å². The third-order valence-electron chi connectivity index (χ3n) is 1.92. The molecule has 0 radical (unpaired) electrons. The van der Waals surface area contributed by atoms with E-state index < -0.39 is 11.6 Å². The average molecular weight is 224 g/mol. The number of hydrogen-bond donors (Lipinski definition) is 1. The van der Waals surface area contributed by atoms with Crippen molar-refractivity contribution in [3.05, 3.63) is 46.9 Å². The van der Waals surface area contributed by atoms with Gasteiger partial charge < -0.3 is 4.98 Å². The number of H-pyrrole nitrogens is 1. The fourth-order valence-electron chi connectivity index (χ4n) is 1.24. The molecule has 0 unspecified atom stereocenters. The lowest BCUT2D eigenvalue weighted by atomic mass is 10.1. The number of nitrogens with one attached hydrogen (secondary N) is 1. The number of halogens is 2. The Morgan fingerprint density at radius 1 is 1.27 bits per heavy atom. The van der Waals surface area contributed by atoms with Crippen LogP contribution in [0.2, 0.25) is 0 Å². The Balaban J connectivity index is 2.64. The van der Waals surface area contributed by atoms with Crippen molar-refractivity contribution in [2.75, 3.05) is 0 Å². The van der Waals surface area contributed by atoms with Crippen LogP contribution in [-0.4, -0.2) is 9.97 Å². The highest BCUT2D eigenvalue weighted by molar-refractivity contribution is 7.71. The highest BCUT2D eigenvalue weighted by atomic mass is 32.1. The van der Waals surface area contributed by atoms with Gasteiger partial charge in [-0.3, -0.25) is 0 Å². The SMILES string of the molecule is Fc1cccc(-c2cc(=S)nc[nH]2)c1F. The molecule has 0 fully saturated rings. The summed E-state index contributed by atoms with van der Waals surface area (Å²) in [5.41, 5.74) is 0.551. The van der Waals surface area contributed by atoms with E-state index in [0.717, 1.165) is 6.07 Å². The van der Waals surface area contributed by atoms with E-state index in [9.17, 15) is 8.78 Å². The van der Waals surface area contributed by atoms with E-state index in [1.165, 1.54) is 24.5 Å². The predicted molar refractivity (Wildman–Crippen MR) is 54.8 cm³/mol. The number of hydrogen-bond acceptors (Lipinski definition) is 2. The lowest BCUT2D eigenvalue weighted by Crippen LogP contribution is -1.92. The Bertz CT molecular complexity index is 551. The van der Waals surface area contributed by atoms with Crippen molar-refractivity contribution in [2.45, 2.75) is 0 Å². The van der Waals surface area contributed by atoms with E-state index in [4.69, 9.17) is 12.2 Å². The van der Waals surface area contributed by atoms with Gasteiger partial charge >= 0.3 is 0 Å². The first-order valence-corrected chi connectivity index (χ1v) is 4.58. The number of rotatable bonds is 1. The number of nitrogens with zero attached hydrogens (tertiary/aromatic N) is 1. The molecule has 0 spiro atoms. The van der Waals surface area contributed by atoms with Gasteiger partial charge in [0.2, 0.25) is 0 Å². The minimum Gasteiger partial charge on any atom is -0.346 e. The van der Waals surface area contributed by atoms with Crippen LogP contribution in [0.4, 0.5) is 8.78 Å². The van der Waals surface area contributed by atoms with Crippen LogP contribution < -0.4 is 0 Å². The minimum absolute atomic E-state index is 0.142. The van der Waals surface area contributed by atoms with Gasteiger partial charge in [0.1, 0.15) is 4.64 Å². The topological polar surface area (TPSA) is 28.7 Å². The summed E-state index contributed by atoms with van der Waals surface area (Å²) in [6.07, 6.45) is 1.35. The van der Waals surface area contributed by atoms with E-state index in [1.54, 1.807) is 0 Å². The van der Waals surface area contributed by atoms with Gasteiger partial charge in [-0.15, -0.1) is 0 Å². The molecule has 2 rings (SSSR count). The summed E-state index contributed by atoms with van der Waals surface area (Å²) in [5, 5.41) is 0. The second kappa shape index (κ2) is 3.86. The maximum Gasteiger partial charge on any atom is 0.168 e. The maximum absolute atomic E-state index is 13.4. The molecule has 0 saturated carbocycles. The van der Waals surface area contributed by atoms with Crippen LogP contribution in [0.5, 0.6) is 0 Å². The Morgan fingerprint density at radius 2 is 2.07 bits per heavy atom. The van der Waals surface area contributed by atoms with Crippen molar-refractivity contribution in [2.24, 2.45) is 0 Å². The minimum atomic E-state index is -0.894. The summed E-state index contributed by atoms with van der Waals surface area (Å²) in [7, 11) is 0. The second-order valence-electron chi connectivity index (χ2n) is 2.90.